The number of nitrogens with one attached hydrogen (secondary N) is 1. The molecule has 5 rings (SSSR count). The molecule has 0 bridgehead atoms. The summed E-state index contributed by atoms with van der Waals surface area (Å²) in [7, 11) is 1.66. The highest BCUT2D eigenvalue weighted by Crippen LogP contribution is 2.29. The summed E-state index contributed by atoms with van der Waals surface area (Å²) in [6, 6.07) is 15.9. The molecule has 0 spiro atoms. The Balaban J connectivity index is 1.36. The predicted molar refractivity (Wildman–Crippen MR) is 173 cm³/mol. The van der Waals surface area contributed by atoms with Gasteiger partial charge in [-0.15, -0.1) is 0 Å². The summed E-state index contributed by atoms with van der Waals surface area (Å²) in [4.78, 5) is 13.1. The summed E-state index contributed by atoms with van der Waals surface area (Å²) in [5.74, 6) is 0.590. The van der Waals surface area contributed by atoms with Crippen molar-refractivity contribution in [2.45, 2.75) is 41.2 Å². The number of aryl methyl sites for hydroxylation is 1. The fraction of sp³-hybridized carbons (Fsp3) is 0.229. The van der Waals surface area contributed by atoms with Crippen LogP contribution in [-0.4, -0.2) is 37.0 Å². The molecule has 0 saturated heterocycles. The number of rotatable bonds is 9. The molecule has 0 saturated carbocycles. The third kappa shape index (κ3) is 6.54. The molecule has 3 aromatic heterocycles. The number of allylic oxidation sites excluding steroid dienone is 3. The first-order valence-corrected chi connectivity index (χ1v) is 14.2. The molecule has 5 aromatic rings. The van der Waals surface area contributed by atoms with E-state index in [1.807, 2.05) is 115 Å². The van der Waals surface area contributed by atoms with Crippen LogP contribution < -0.4 is 10.1 Å². The third-order valence-corrected chi connectivity index (χ3v) is 7.31. The van der Waals surface area contributed by atoms with Gasteiger partial charge in [0.05, 0.1) is 31.2 Å². The van der Waals surface area contributed by atoms with E-state index in [0.29, 0.717) is 17.8 Å². The Kier molecular flexibility index (Phi) is 8.21. The van der Waals surface area contributed by atoms with Crippen molar-refractivity contribution in [1.29, 1.82) is 0 Å². The summed E-state index contributed by atoms with van der Waals surface area (Å²) in [6.45, 7) is 15.0. The number of methoxy groups -OCH3 is 1. The van der Waals surface area contributed by atoms with Gasteiger partial charge in [-0.3, -0.25) is 14.0 Å². The number of anilines is 1. The van der Waals surface area contributed by atoms with Gasteiger partial charge in [0.1, 0.15) is 11.4 Å². The number of carbonyl (C=O) groups excluding carboxylic acids is 1. The Morgan fingerprint density at radius 3 is 2.56 bits per heavy atom. The SMILES string of the molecule is C=C(/C=C(\C=C/C)C(C)(C)C)C(=O)Nc1ccc(C)c(-n2ccn3nc(-c4cnn(Cc5ccc(OC)cc5)c4)cc23)c1. The molecule has 8 nitrogen and oxygen atoms in total. The monoisotopic (exact) mass is 574 g/mol. The molecule has 43 heavy (non-hydrogen) atoms. The van der Waals surface area contributed by atoms with Crippen molar-refractivity contribution in [2.24, 2.45) is 5.41 Å². The van der Waals surface area contributed by atoms with Crippen LogP contribution in [0.1, 0.15) is 38.8 Å². The molecular formula is C35H38N6O2. The lowest BCUT2D eigenvalue weighted by Gasteiger charge is -2.20. The number of aromatic nitrogens is 5. The molecule has 220 valence electrons. The quantitative estimate of drug-likeness (QED) is 0.147. The van der Waals surface area contributed by atoms with E-state index < -0.39 is 0 Å². The summed E-state index contributed by atoms with van der Waals surface area (Å²) >= 11 is 0. The van der Waals surface area contributed by atoms with Crippen LogP contribution in [-0.2, 0) is 11.3 Å². The molecule has 0 aliphatic heterocycles. The molecule has 1 amide bonds. The van der Waals surface area contributed by atoms with Gasteiger partial charge in [-0.2, -0.15) is 10.2 Å². The molecule has 0 aliphatic carbocycles. The van der Waals surface area contributed by atoms with Gasteiger partial charge in [0.2, 0.25) is 0 Å². The van der Waals surface area contributed by atoms with E-state index in [-0.39, 0.29) is 11.3 Å². The summed E-state index contributed by atoms with van der Waals surface area (Å²) < 4.78 is 11.1. The predicted octanol–water partition coefficient (Wildman–Crippen LogP) is 7.40. The molecule has 8 heteroatoms. The number of amides is 1. The van der Waals surface area contributed by atoms with Gasteiger partial charge in [-0.25, -0.2) is 4.52 Å². The molecule has 2 aromatic carbocycles. The Morgan fingerprint density at radius 1 is 1.09 bits per heavy atom. The molecule has 0 unspecified atom stereocenters. The molecule has 3 heterocycles. The largest absolute Gasteiger partial charge is 0.497 e. The lowest BCUT2D eigenvalue weighted by Crippen LogP contribution is -2.15. The number of ether oxygens (including phenoxy) is 1. The number of nitrogens with zero attached hydrogens (tertiary/aromatic N) is 5. The maximum absolute atomic E-state index is 13.1. The van der Waals surface area contributed by atoms with E-state index in [1.54, 1.807) is 7.11 Å². The first-order valence-electron chi connectivity index (χ1n) is 14.2. The van der Waals surface area contributed by atoms with Gasteiger partial charge in [0, 0.05) is 41.5 Å². The average molecular weight is 575 g/mol. The number of carbonyl (C=O) groups is 1. The smallest absolute Gasteiger partial charge is 0.255 e. The van der Waals surface area contributed by atoms with Crippen molar-refractivity contribution >= 4 is 17.2 Å². The summed E-state index contributed by atoms with van der Waals surface area (Å²) in [5.41, 5.74) is 7.82. The van der Waals surface area contributed by atoms with E-state index in [1.165, 1.54) is 0 Å². The zero-order chi connectivity index (χ0) is 30.7. The normalized spacial score (nSPS) is 12.3. The fourth-order valence-corrected chi connectivity index (χ4v) is 4.83. The maximum Gasteiger partial charge on any atom is 0.255 e. The highest BCUT2D eigenvalue weighted by molar-refractivity contribution is 6.05. The van der Waals surface area contributed by atoms with Gasteiger partial charge < -0.3 is 10.1 Å². The van der Waals surface area contributed by atoms with Gasteiger partial charge in [-0.05, 0) is 66.3 Å². The zero-order valence-electron chi connectivity index (χ0n) is 25.6. The first kappa shape index (κ1) is 29.4. The Bertz CT molecular complexity index is 1840. The van der Waals surface area contributed by atoms with E-state index >= 15 is 0 Å². The lowest BCUT2D eigenvalue weighted by molar-refractivity contribution is -0.112. The van der Waals surface area contributed by atoms with Gasteiger partial charge in [0.15, 0.2) is 0 Å². The number of hydrogen-bond donors (Lipinski definition) is 1. The minimum Gasteiger partial charge on any atom is -0.497 e. The summed E-state index contributed by atoms with van der Waals surface area (Å²) in [5, 5.41) is 12.4. The number of benzene rings is 2. The fourth-order valence-electron chi connectivity index (χ4n) is 4.83. The van der Waals surface area contributed by atoms with Crippen molar-refractivity contribution in [3.05, 3.63) is 120 Å². The van der Waals surface area contributed by atoms with Crippen molar-refractivity contribution < 1.29 is 9.53 Å². The molecule has 0 fully saturated rings. The van der Waals surface area contributed by atoms with E-state index in [2.05, 4.69) is 42.3 Å². The van der Waals surface area contributed by atoms with Crippen LogP contribution in [0.25, 0.3) is 22.6 Å². The highest BCUT2D eigenvalue weighted by atomic mass is 16.5. The summed E-state index contributed by atoms with van der Waals surface area (Å²) in [6.07, 6.45) is 13.6. The molecule has 0 atom stereocenters. The molecule has 0 aliphatic rings. The third-order valence-electron chi connectivity index (χ3n) is 7.31. The number of imidazole rings is 1. The van der Waals surface area contributed by atoms with Crippen LogP contribution in [0.4, 0.5) is 5.69 Å². The topological polar surface area (TPSA) is 78.4 Å². The second kappa shape index (κ2) is 12.0. The maximum atomic E-state index is 13.1. The van der Waals surface area contributed by atoms with E-state index in [0.717, 1.165) is 45.0 Å². The first-order chi connectivity index (χ1) is 20.5. The van der Waals surface area contributed by atoms with E-state index in [9.17, 15) is 4.79 Å². The zero-order valence-corrected chi connectivity index (χ0v) is 25.6. The van der Waals surface area contributed by atoms with Gasteiger partial charge >= 0.3 is 0 Å². The Hall–Kier alpha value is -5.11. The van der Waals surface area contributed by atoms with Crippen LogP contribution >= 0.6 is 0 Å². The van der Waals surface area contributed by atoms with Gasteiger partial charge in [0.25, 0.3) is 5.91 Å². The number of hydrogen-bond acceptors (Lipinski definition) is 4. The van der Waals surface area contributed by atoms with Crippen LogP contribution in [0.2, 0.25) is 0 Å². The van der Waals surface area contributed by atoms with Crippen LogP contribution in [0.5, 0.6) is 5.75 Å². The Morgan fingerprint density at radius 2 is 1.86 bits per heavy atom. The highest BCUT2D eigenvalue weighted by Gasteiger charge is 2.17. The minimum atomic E-state index is -0.239. The van der Waals surface area contributed by atoms with Crippen LogP contribution in [0.15, 0.2) is 109 Å². The molecular weight excluding hydrogens is 536 g/mol. The van der Waals surface area contributed by atoms with Crippen LogP contribution in [0.3, 0.4) is 0 Å². The lowest BCUT2D eigenvalue weighted by atomic mass is 9.85. The van der Waals surface area contributed by atoms with Gasteiger partial charge in [-0.1, -0.05) is 57.7 Å². The second-order valence-electron chi connectivity index (χ2n) is 11.6. The van der Waals surface area contributed by atoms with Crippen LogP contribution in [0, 0.1) is 12.3 Å². The second-order valence-corrected chi connectivity index (χ2v) is 11.6. The van der Waals surface area contributed by atoms with Crippen molar-refractivity contribution in [1.82, 2.24) is 24.0 Å². The van der Waals surface area contributed by atoms with Crippen molar-refractivity contribution in [3.8, 4) is 22.7 Å². The van der Waals surface area contributed by atoms with Crippen molar-refractivity contribution in [3.63, 3.8) is 0 Å². The molecule has 0 radical (unpaired) electrons. The van der Waals surface area contributed by atoms with E-state index in [4.69, 9.17) is 9.84 Å². The standard InChI is InChI=1S/C35H38N6O2/c1-8-9-28(35(4,5)6)18-25(3)34(42)37-29-13-10-24(2)32(19-29)40-16-17-41-33(40)20-31(38-41)27-21-36-39(23-27)22-26-11-14-30(43-7)15-12-26/h8-21,23H,3,22H2,1-2,4-7H3,(H,37,42)/b9-8-,28-18+. The minimum absolute atomic E-state index is 0.105. The Labute approximate surface area is 252 Å². The average Bonchev–Trinajstić information content (AvgIpc) is 3.70. The number of fused-ring (bicyclic) bond motifs is 1. The molecule has 1 N–H and O–H groups in total. The van der Waals surface area contributed by atoms with Crippen molar-refractivity contribution in [2.75, 3.05) is 12.4 Å².